The fourth-order valence-corrected chi connectivity index (χ4v) is 5.35. The van der Waals surface area contributed by atoms with Gasteiger partial charge in [0.25, 0.3) is 5.19 Å². The predicted octanol–water partition coefficient (Wildman–Crippen LogP) is 7.77. The number of hydrogen-bond donors (Lipinski definition) is 0. The van der Waals surface area contributed by atoms with Gasteiger partial charge < -0.3 is 4.74 Å². The van der Waals surface area contributed by atoms with Gasteiger partial charge in [-0.05, 0) is 47.1 Å². The first-order valence-electron chi connectivity index (χ1n) is 11.1. The van der Waals surface area contributed by atoms with Crippen LogP contribution in [0.3, 0.4) is 0 Å². The first kappa shape index (κ1) is 23.7. The Labute approximate surface area is 220 Å². The molecule has 0 aliphatic carbocycles. The molecule has 4 aromatic heterocycles. The summed E-state index contributed by atoms with van der Waals surface area (Å²) in [6.07, 6.45) is -3.35. The van der Waals surface area contributed by atoms with Crippen LogP contribution in [-0.4, -0.2) is 24.9 Å². The average Bonchev–Trinajstić information content (AvgIpc) is 3.27. The normalized spacial score (nSPS) is 12.9. The van der Waals surface area contributed by atoms with E-state index in [9.17, 15) is 13.2 Å². The quantitative estimate of drug-likeness (QED) is 0.156. The number of pyridine rings is 2. The minimum Gasteiger partial charge on any atom is -0.462 e. The van der Waals surface area contributed by atoms with E-state index in [0.717, 1.165) is 39.2 Å². The fourth-order valence-electron chi connectivity index (χ4n) is 4.06. The van der Waals surface area contributed by atoms with E-state index in [-0.39, 0.29) is 5.82 Å². The molecule has 2 aromatic carbocycles. The molecule has 0 radical (unpaired) electrons. The number of hydrogen-bond acceptors (Lipinski definition) is 7. The van der Waals surface area contributed by atoms with Gasteiger partial charge in [0.05, 0.1) is 16.6 Å². The lowest BCUT2D eigenvalue weighted by atomic mass is 9.98. The number of aromatic nitrogens is 5. The number of alkyl halides is 3. The maximum absolute atomic E-state index is 13.0. The minimum absolute atomic E-state index is 0.179. The molecule has 0 aliphatic heterocycles. The Morgan fingerprint density at radius 2 is 1.70 bits per heavy atom. The van der Waals surface area contributed by atoms with Crippen LogP contribution in [0.4, 0.5) is 13.2 Å². The predicted molar refractivity (Wildman–Crippen MR) is 139 cm³/mol. The highest BCUT2D eigenvalue weighted by atomic mass is 79.9. The molecule has 0 bridgehead atoms. The van der Waals surface area contributed by atoms with Crippen molar-refractivity contribution in [1.82, 2.24) is 24.9 Å². The van der Waals surface area contributed by atoms with Crippen LogP contribution in [0, 0.1) is 0 Å². The molecular weight excluding hydrogens is 567 g/mol. The third-order valence-electron chi connectivity index (χ3n) is 5.85. The molecule has 0 spiro atoms. The molecule has 6 nitrogen and oxygen atoms in total. The average molecular weight is 582 g/mol. The topological polar surface area (TPSA) is 73.7 Å². The summed E-state index contributed by atoms with van der Waals surface area (Å²) >= 11 is 4.71. The summed E-state index contributed by atoms with van der Waals surface area (Å²) in [5.41, 5.74) is 2.63. The molecule has 0 N–H and O–H groups in total. The first-order valence-corrected chi connectivity index (χ1v) is 12.7. The molecule has 0 unspecified atom stereocenters. The fraction of sp³-hybridized carbons (Fsp3) is 0.115. The van der Waals surface area contributed by atoms with Gasteiger partial charge in [-0.3, -0.25) is 0 Å². The van der Waals surface area contributed by atoms with Gasteiger partial charge in [0.1, 0.15) is 21.1 Å². The first-order chi connectivity index (χ1) is 17.8. The second-order valence-electron chi connectivity index (χ2n) is 8.27. The molecule has 37 heavy (non-hydrogen) atoms. The zero-order chi connectivity index (χ0) is 25.7. The lowest BCUT2D eigenvalue weighted by Crippen LogP contribution is -2.07. The number of nitrogens with zero attached hydrogens (tertiary/aromatic N) is 5. The van der Waals surface area contributed by atoms with Gasteiger partial charge in [-0.1, -0.05) is 41.7 Å². The van der Waals surface area contributed by atoms with Crippen LogP contribution in [0.5, 0.6) is 5.19 Å². The van der Waals surface area contributed by atoms with E-state index in [0.29, 0.717) is 26.3 Å². The highest BCUT2D eigenvalue weighted by Crippen LogP contribution is 2.37. The Kier molecular flexibility index (Phi) is 5.76. The maximum Gasteiger partial charge on any atom is 0.419 e. The molecule has 4 heterocycles. The summed E-state index contributed by atoms with van der Waals surface area (Å²) in [6, 6.07) is 16.9. The van der Waals surface area contributed by atoms with Crippen molar-refractivity contribution in [2.75, 3.05) is 0 Å². The number of benzene rings is 2. The van der Waals surface area contributed by atoms with Crippen LogP contribution in [0.25, 0.3) is 43.5 Å². The molecular formula is C26H15BrF3N5OS. The van der Waals surface area contributed by atoms with Crippen LogP contribution >= 0.6 is 27.3 Å². The summed E-state index contributed by atoms with van der Waals surface area (Å²) in [5, 5.41) is 2.07. The number of fused-ring (bicyclic) bond motifs is 3. The van der Waals surface area contributed by atoms with Gasteiger partial charge in [0.2, 0.25) is 0 Å². The van der Waals surface area contributed by atoms with Crippen molar-refractivity contribution in [2.24, 2.45) is 0 Å². The number of ether oxygens (including phenoxy) is 1. The van der Waals surface area contributed by atoms with E-state index in [2.05, 4.69) is 35.9 Å². The third-order valence-corrected chi connectivity index (χ3v) is 7.15. The van der Waals surface area contributed by atoms with Gasteiger partial charge >= 0.3 is 6.18 Å². The Morgan fingerprint density at radius 1 is 0.919 bits per heavy atom. The lowest BCUT2D eigenvalue weighted by Gasteiger charge is -2.17. The van der Waals surface area contributed by atoms with Crippen molar-refractivity contribution in [2.45, 2.75) is 19.2 Å². The summed E-state index contributed by atoms with van der Waals surface area (Å²) < 4.78 is 46.0. The van der Waals surface area contributed by atoms with Gasteiger partial charge in [-0.2, -0.15) is 13.2 Å². The molecule has 6 aromatic rings. The van der Waals surface area contributed by atoms with Crippen molar-refractivity contribution in [3.05, 3.63) is 82.7 Å². The van der Waals surface area contributed by atoms with Gasteiger partial charge in [0.15, 0.2) is 5.82 Å². The Hall–Kier alpha value is -3.70. The number of thiazole rings is 1. The number of rotatable bonds is 4. The zero-order valence-corrected chi connectivity index (χ0v) is 21.4. The largest absolute Gasteiger partial charge is 0.462 e. The lowest BCUT2D eigenvalue weighted by molar-refractivity contribution is -0.138. The van der Waals surface area contributed by atoms with Crippen molar-refractivity contribution in [3.8, 4) is 16.6 Å². The van der Waals surface area contributed by atoms with E-state index in [4.69, 9.17) is 9.72 Å². The highest BCUT2D eigenvalue weighted by molar-refractivity contribution is 9.10. The SMILES string of the molecule is C[C@H](Oc1nc2ccc(Br)nc2s1)c1ccc(-c2ncc(C(F)(F)F)cn2)c2cc3ccccc3nc12. The molecule has 0 fully saturated rings. The van der Waals surface area contributed by atoms with Crippen LogP contribution in [-0.2, 0) is 6.18 Å². The Balaban J connectivity index is 1.46. The van der Waals surface area contributed by atoms with Gasteiger partial charge in [-0.15, -0.1) is 0 Å². The molecule has 11 heteroatoms. The monoisotopic (exact) mass is 581 g/mol. The highest BCUT2D eigenvalue weighted by Gasteiger charge is 2.31. The third kappa shape index (κ3) is 4.49. The van der Waals surface area contributed by atoms with Crippen molar-refractivity contribution >= 4 is 59.4 Å². The van der Waals surface area contributed by atoms with Crippen LogP contribution in [0.2, 0.25) is 0 Å². The molecule has 0 saturated heterocycles. The molecule has 6 rings (SSSR count). The second-order valence-corrected chi connectivity index (χ2v) is 10.0. The summed E-state index contributed by atoms with van der Waals surface area (Å²) in [4.78, 5) is 22.6. The molecule has 0 saturated carbocycles. The van der Waals surface area contributed by atoms with Gasteiger partial charge in [0, 0.05) is 34.3 Å². The smallest absolute Gasteiger partial charge is 0.419 e. The second kappa shape index (κ2) is 9.00. The summed E-state index contributed by atoms with van der Waals surface area (Å²) in [6.45, 7) is 1.90. The van der Waals surface area contributed by atoms with Crippen molar-refractivity contribution < 1.29 is 17.9 Å². The minimum atomic E-state index is -4.51. The van der Waals surface area contributed by atoms with Crippen molar-refractivity contribution in [3.63, 3.8) is 0 Å². The summed E-state index contributed by atoms with van der Waals surface area (Å²) in [7, 11) is 0. The Morgan fingerprint density at radius 3 is 2.49 bits per heavy atom. The standard InChI is InChI=1S/C26H15BrF3N5OS/c1-13(36-25-34-20-8-9-21(27)35-24(20)37-25)16-6-7-17(23-31-11-15(12-32-23)26(28,29)30)18-10-14-4-2-3-5-19(14)33-22(16)18/h2-13H,1H3/t13-/m0/s1. The number of halogens is 4. The molecule has 1 atom stereocenters. The molecule has 184 valence electrons. The van der Waals surface area contributed by atoms with E-state index < -0.39 is 17.8 Å². The van der Waals surface area contributed by atoms with E-state index in [1.807, 2.05) is 55.5 Å². The van der Waals surface area contributed by atoms with Crippen LogP contribution in [0.1, 0.15) is 24.2 Å². The number of para-hydroxylation sites is 1. The van der Waals surface area contributed by atoms with Crippen LogP contribution in [0.15, 0.2) is 71.6 Å². The van der Waals surface area contributed by atoms with Gasteiger partial charge in [-0.25, -0.2) is 24.9 Å². The van der Waals surface area contributed by atoms with E-state index in [1.165, 1.54) is 11.3 Å². The molecule has 0 aliphatic rings. The van der Waals surface area contributed by atoms with E-state index in [1.54, 1.807) is 6.07 Å². The van der Waals surface area contributed by atoms with Crippen molar-refractivity contribution in [1.29, 1.82) is 0 Å². The maximum atomic E-state index is 13.0. The summed E-state index contributed by atoms with van der Waals surface area (Å²) in [5.74, 6) is 0.179. The zero-order valence-electron chi connectivity index (χ0n) is 19.0. The molecule has 0 amide bonds. The Bertz CT molecular complexity index is 1790. The van der Waals surface area contributed by atoms with Crippen LogP contribution < -0.4 is 4.74 Å². The van der Waals surface area contributed by atoms with E-state index >= 15 is 0 Å².